The molecule has 1 aromatic carbocycles. The zero-order valence-electron chi connectivity index (χ0n) is 9.73. The summed E-state index contributed by atoms with van der Waals surface area (Å²) in [7, 11) is -1.87. The number of thiocarbonyl (C=S) groups is 1. The summed E-state index contributed by atoms with van der Waals surface area (Å²) in [6, 6.07) is 5.02. The first-order valence-electron chi connectivity index (χ1n) is 5.10. The van der Waals surface area contributed by atoms with Crippen LogP contribution in [0.15, 0.2) is 18.2 Å². The van der Waals surface area contributed by atoms with Crippen molar-refractivity contribution in [1.82, 2.24) is 4.72 Å². The van der Waals surface area contributed by atoms with E-state index in [1.807, 2.05) is 0 Å². The van der Waals surface area contributed by atoms with E-state index in [-0.39, 0.29) is 17.3 Å². The molecule has 8 heteroatoms. The van der Waals surface area contributed by atoms with Crippen LogP contribution in [0.1, 0.15) is 5.56 Å². The maximum Gasteiger partial charge on any atom is 0.213 e. The molecule has 0 aliphatic carbocycles. The molecule has 0 saturated carbocycles. The second kappa shape index (κ2) is 6.33. The highest BCUT2D eigenvalue weighted by atomic mass is 35.5. The average molecular weight is 308 g/mol. The van der Waals surface area contributed by atoms with E-state index >= 15 is 0 Å². The van der Waals surface area contributed by atoms with E-state index in [0.717, 1.165) is 0 Å². The molecule has 0 aliphatic rings. The molecule has 5 nitrogen and oxygen atoms in total. The molecule has 0 bridgehead atoms. The molecule has 0 amide bonds. The summed E-state index contributed by atoms with van der Waals surface area (Å²) in [5.74, 6) is -0.0488. The molecule has 1 rings (SSSR count). The number of nitrogens with one attached hydrogen (secondary N) is 2. The zero-order valence-corrected chi connectivity index (χ0v) is 12.1. The summed E-state index contributed by atoms with van der Waals surface area (Å²) in [6.45, 7) is 0.235. The van der Waals surface area contributed by atoms with Gasteiger partial charge in [-0.25, -0.2) is 13.1 Å². The van der Waals surface area contributed by atoms with Crippen molar-refractivity contribution in [2.45, 2.75) is 0 Å². The Bertz CT molecular complexity index is 546. The van der Waals surface area contributed by atoms with E-state index in [1.165, 1.54) is 7.05 Å². The molecule has 0 aliphatic heterocycles. The molecule has 0 radical (unpaired) electrons. The van der Waals surface area contributed by atoms with E-state index in [0.29, 0.717) is 16.3 Å². The molecule has 0 atom stereocenters. The van der Waals surface area contributed by atoms with Gasteiger partial charge in [-0.1, -0.05) is 23.8 Å². The standard InChI is InChI=1S/C10H14ClN3O2S2/c1-13-18(15,16)5-4-14-9-6-7(11)2-3-8(9)10(12)17/h2-3,6,13-14H,4-5H2,1H3,(H2,12,17). The predicted molar refractivity (Wildman–Crippen MR) is 78.7 cm³/mol. The summed E-state index contributed by atoms with van der Waals surface area (Å²) >= 11 is 10.8. The number of anilines is 1. The largest absolute Gasteiger partial charge is 0.389 e. The van der Waals surface area contributed by atoms with Gasteiger partial charge in [0.1, 0.15) is 4.99 Å². The molecule has 0 aromatic heterocycles. The van der Waals surface area contributed by atoms with Gasteiger partial charge in [-0.3, -0.25) is 0 Å². The lowest BCUT2D eigenvalue weighted by Crippen LogP contribution is -2.26. The highest BCUT2D eigenvalue weighted by Gasteiger charge is 2.09. The van der Waals surface area contributed by atoms with Crippen LogP contribution in [0, 0.1) is 0 Å². The van der Waals surface area contributed by atoms with Crippen LogP contribution < -0.4 is 15.8 Å². The van der Waals surface area contributed by atoms with Crippen LogP contribution in [0.2, 0.25) is 5.02 Å². The second-order valence-corrected chi connectivity index (χ2v) is 6.43. The van der Waals surface area contributed by atoms with Crippen LogP contribution in [-0.4, -0.2) is 32.8 Å². The third-order valence-electron chi connectivity index (χ3n) is 2.24. The van der Waals surface area contributed by atoms with Gasteiger partial charge in [-0.05, 0) is 25.2 Å². The van der Waals surface area contributed by atoms with Gasteiger partial charge in [0.15, 0.2) is 0 Å². The van der Waals surface area contributed by atoms with Crippen molar-refractivity contribution < 1.29 is 8.42 Å². The van der Waals surface area contributed by atoms with Gasteiger partial charge in [-0.15, -0.1) is 0 Å². The fourth-order valence-corrected chi connectivity index (χ4v) is 2.22. The van der Waals surface area contributed by atoms with Crippen LogP contribution in [0.5, 0.6) is 0 Å². The monoisotopic (exact) mass is 307 g/mol. The quantitative estimate of drug-likeness (QED) is 0.681. The Morgan fingerprint density at radius 2 is 2.17 bits per heavy atom. The van der Waals surface area contributed by atoms with E-state index in [2.05, 4.69) is 10.0 Å². The maximum atomic E-state index is 11.2. The molecule has 0 heterocycles. The molecule has 1 aromatic rings. The lowest BCUT2D eigenvalue weighted by molar-refractivity contribution is 0.588. The van der Waals surface area contributed by atoms with E-state index in [4.69, 9.17) is 29.6 Å². The van der Waals surface area contributed by atoms with E-state index in [1.54, 1.807) is 18.2 Å². The normalized spacial score (nSPS) is 11.2. The molecule has 18 heavy (non-hydrogen) atoms. The molecule has 0 spiro atoms. The van der Waals surface area contributed by atoms with Crippen LogP contribution in [-0.2, 0) is 10.0 Å². The first-order valence-corrected chi connectivity index (χ1v) is 7.54. The van der Waals surface area contributed by atoms with Gasteiger partial charge in [-0.2, -0.15) is 0 Å². The summed E-state index contributed by atoms with van der Waals surface area (Å²) < 4.78 is 24.7. The van der Waals surface area contributed by atoms with Gasteiger partial charge in [0, 0.05) is 22.8 Å². The van der Waals surface area contributed by atoms with Crippen molar-refractivity contribution in [3.05, 3.63) is 28.8 Å². The van der Waals surface area contributed by atoms with Gasteiger partial charge in [0.05, 0.1) is 5.75 Å². The summed E-state index contributed by atoms with van der Waals surface area (Å²) in [4.78, 5) is 0.227. The fraction of sp³-hybridized carbons (Fsp3) is 0.300. The Labute approximate surface area is 117 Å². The number of hydrogen-bond donors (Lipinski definition) is 3. The minimum absolute atomic E-state index is 0.0488. The number of nitrogens with two attached hydrogens (primary N) is 1. The Morgan fingerprint density at radius 3 is 2.72 bits per heavy atom. The van der Waals surface area contributed by atoms with Crippen molar-refractivity contribution in [2.24, 2.45) is 5.73 Å². The lowest BCUT2D eigenvalue weighted by atomic mass is 10.2. The highest BCUT2D eigenvalue weighted by Crippen LogP contribution is 2.20. The van der Waals surface area contributed by atoms with Gasteiger partial charge in [0.25, 0.3) is 0 Å². The molecule has 100 valence electrons. The fourth-order valence-electron chi connectivity index (χ4n) is 1.30. The minimum Gasteiger partial charge on any atom is -0.389 e. The van der Waals surface area contributed by atoms with Crippen LogP contribution in [0.4, 0.5) is 5.69 Å². The molecule has 0 unspecified atom stereocenters. The molecule has 0 fully saturated rings. The number of benzene rings is 1. The summed E-state index contributed by atoms with van der Waals surface area (Å²) in [5, 5.41) is 3.48. The van der Waals surface area contributed by atoms with Gasteiger partial charge in [0.2, 0.25) is 10.0 Å². The first kappa shape index (κ1) is 15.2. The molecular weight excluding hydrogens is 294 g/mol. The SMILES string of the molecule is CNS(=O)(=O)CCNc1cc(Cl)ccc1C(N)=S. The summed E-state index contributed by atoms with van der Waals surface area (Å²) in [6.07, 6.45) is 0. The Balaban J connectivity index is 2.78. The van der Waals surface area contributed by atoms with Crippen LogP contribution in [0.25, 0.3) is 0 Å². The van der Waals surface area contributed by atoms with E-state index < -0.39 is 10.0 Å². The Morgan fingerprint density at radius 1 is 1.50 bits per heavy atom. The second-order valence-electron chi connectivity index (χ2n) is 3.50. The molecule has 0 saturated heterocycles. The maximum absolute atomic E-state index is 11.2. The van der Waals surface area contributed by atoms with Gasteiger partial charge >= 0.3 is 0 Å². The van der Waals surface area contributed by atoms with Crippen molar-refractivity contribution >= 4 is 44.5 Å². The van der Waals surface area contributed by atoms with Crippen molar-refractivity contribution in [2.75, 3.05) is 24.7 Å². The number of hydrogen-bond acceptors (Lipinski definition) is 4. The number of sulfonamides is 1. The third-order valence-corrected chi connectivity index (χ3v) is 4.06. The smallest absolute Gasteiger partial charge is 0.213 e. The van der Waals surface area contributed by atoms with Crippen molar-refractivity contribution in [3.8, 4) is 0 Å². The minimum atomic E-state index is -3.24. The Hall–Kier alpha value is -0.890. The highest BCUT2D eigenvalue weighted by molar-refractivity contribution is 7.89. The van der Waals surface area contributed by atoms with Crippen LogP contribution >= 0.6 is 23.8 Å². The van der Waals surface area contributed by atoms with Crippen molar-refractivity contribution in [3.63, 3.8) is 0 Å². The molecular formula is C10H14ClN3O2S2. The van der Waals surface area contributed by atoms with E-state index in [9.17, 15) is 8.42 Å². The Kier molecular flexibility index (Phi) is 5.33. The molecule has 4 N–H and O–H groups in total. The lowest BCUT2D eigenvalue weighted by Gasteiger charge is -2.11. The van der Waals surface area contributed by atoms with Gasteiger partial charge < -0.3 is 11.1 Å². The zero-order chi connectivity index (χ0) is 13.8. The average Bonchev–Trinajstić information content (AvgIpc) is 2.28. The first-order chi connectivity index (χ1) is 8.35. The number of rotatable bonds is 6. The topological polar surface area (TPSA) is 84.2 Å². The van der Waals surface area contributed by atoms with Crippen LogP contribution in [0.3, 0.4) is 0 Å². The summed E-state index contributed by atoms with van der Waals surface area (Å²) in [5.41, 5.74) is 6.83. The third kappa shape index (κ3) is 4.41. The predicted octanol–water partition coefficient (Wildman–Crippen LogP) is 0.935. The number of halogens is 1. The van der Waals surface area contributed by atoms with Crippen molar-refractivity contribution in [1.29, 1.82) is 0 Å².